The third kappa shape index (κ3) is 4.02. The number of fused-ring (bicyclic) bond motifs is 1. The minimum atomic E-state index is -3.05. The Morgan fingerprint density at radius 3 is 2.39 bits per heavy atom. The number of urea groups is 1. The molecule has 5 nitrogen and oxygen atoms in total. The van der Waals surface area contributed by atoms with E-state index in [0.717, 1.165) is 21.9 Å². The zero-order valence-electron chi connectivity index (χ0n) is 15.3. The fourth-order valence-corrected chi connectivity index (χ4v) is 5.43. The summed E-state index contributed by atoms with van der Waals surface area (Å²) >= 11 is 0. The molecule has 0 unspecified atom stereocenters. The van der Waals surface area contributed by atoms with Gasteiger partial charge in [0.25, 0.3) is 0 Å². The number of sulfone groups is 1. The van der Waals surface area contributed by atoms with Crippen LogP contribution < -0.4 is 10.6 Å². The molecule has 1 heterocycles. The standard InChI is InChI=1S/C22H22N2O3S/c25-22(23-18-13-14-28(26,27)15-18)24-21(17-8-2-1-3-9-17)20-12-6-10-16-7-4-5-11-19(16)20/h1-12,18,21H,13-15H2,(H2,23,24,25)/t18-,21+/m0/s1. The fourth-order valence-electron chi connectivity index (χ4n) is 3.76. The van der Waals surface area contributed by atoms with E-state index in [9.17, 15) is 13.2 Å². The van der Waals surface area contributed by atoms with Crippen molar-refractivity contribution in [2.45, 2.75) is 18.5 Å². The topological polar surface area (TPSA) is 75.3 Å². The smallest absolute Gasteiger partial charge is 0.315 e. The second-order valence-electron chi connectivity index (χ2n) is 7.13. The Morgan fingerprint density at radius 1 is 0.929 bits per heavy atom. The molecule has 1 aliphatic heterocycles. The Bertz CT molecular complexity index is 1090. The molecule has 0 spiro atoms. The van der Waals surface area contributed by atoms with E-state index in [1.54, 1.807) is 0 Å². The number of hydrogen-bond acceptors (Lipinski definition) is 3. The first-order valence-corrected chi connectivity index (χ1v) is 11.1. The number of carbonyl (C=O) groups is 1. The van der Waals surface area contributed by atoms with Crippen LogP contribution >= 0.6 is 0 Å². The van der Waals surface area contributed by atoms with Gasteiger partial charge >= 0.3 is 6.03 Å². The minimum Gasteiger partial charge on any atom is -0.334 e. The summed E-state index contributed by atoms with van der Waals surface area (Å²) in [6.07, 6.45) is 0.458. The second kappa shape index (κ2) is 7.64. The molecule has 0 bridgehead atoms. The lowest BCUT2D eigenvalue weighted by atomic mass is 9.94. The van der Waals surface area contributed by atoms with Crippen molar-refractivity contribution >= 4 is 26.6 Å². The van der Waals surface area contributed by atoms with Gasteiger partial charge in [-0.1, -0.05) is 72.8 Å². The molecule has 4 rings (SSSR count). The van der Waals surface area contributed by atoms with Gasteiger partial charge in [-0.3, -0.25) is 0 Å². The van der Waals surface area contributed by atoms with Gasteiger partial charge < -0.3 is 10.6 Å². The quantitative estimate of drug-likeness (QED) is 0.712. The molecule has 6 heteroatoms. The van der Waals surface area contributed by atoms with Crippen molar-refractivity contribution in [1.29, 1.82) is 0 Å². The largest absolute Gasteiger partial charge is 0.334 e. The van der Waals surface area contributed by atoms with E-state index >= 15 is 0 Å². The van der Waals surface area contributed by atoms with Gasteiger partial charge in [-0.2, -0.15) is 0 Å². The third-order valence-corrected chi connectivity index (χ3v) is 6.88. The maximum absolute atomic E-state index is 12.7. The Hall–Kier alpha value is -2.86. The molecule has 1 fully saturated rings. The molecule has 0 radical (unpaired) electrons. The van der Waals surface area contributed by atoms with Crippen LogP contribution in [0.15, 0.2) is 72.8 Å². The van der Waals surface area contributed by atoms with Crippen LogP contribution in [0.3, 0.4) is 0 Å². The monoisotopic (exact) mass is 394 g/mol. The molecule has 2 atom stereocenters. The maximum Gasteiger partial charge on any atom is 0.315 e. The molecule has 1 saturated heterocycles. The van der Waals surface area contributed by atoms with Gasteiger partial charge in [0.15, 0.2) is 9.84 Å². The van der Waals surface area contributed by atoms with E-state index in [-0.39, 0.29) is 29.6 Å². The van der Waals surface area contributed by atoms with Crippen LogP contribution in [0.2, 0.25) is 0 Å². The number of amides is 2. The Morgan fingerprint density at radius 2 is 1.64 bits per heavy atom. The second-order valence-corrected chi connectivity index (χ2v) is 9.36. The summed E-state index contributed by atoms with van der Waals surface area (Å²) in [6, 6.07) is 22.8. The van der Waals surface area contributed by atoms with Crippen molar-refractivity contribution in [2.24, 2.45) is 0 Å². The average Bonchev–Trinajstić information content (AvgIpc) is 3.04. The highest BCUT2D eigenvalue weighted by molar-refractivity contribution is 7.91. The van der Waals surface area contributed by atoms with Crippen molar-refractivity contribution < 1.29 is 13.2 Å². The molecule has 28 heavy (non-hydrogen) atoms. The molecular weight excluding hydrogens is 372 g/mol. The molecule has 3 aromatic rings. The zero-order chi connectivity index (χ0) is 19.6. The van der Waals surface area contributed by atoms with Gasteiger partial charge in [-0.25, -0.2) is 13.2 Å². The summed E-state index contributed by atoms with van der Waals surface area (Å²) in [6.45, 7) is 0. The number of hydrogen-bond donors (Lipinski definition) is 2. The van der Waals surface area contributed by atoms with E-state index in [1.165, 1.54) is 0 Å². The van der Waals surface area contributed by atoms with Crippen molar-refractivity contribution in [1.82, 2.24) is 10.6 Å². The molecule has 2 amide bonds. The van der Waals surface area contributed by atoms with E-state index in [4.69, 9.17) is 0 Å². The molecule has 144 valence electrons. The van der Waals surface area contributed by atoms with E-state index in [1.807, 2.05) is 72.8 Å². The molecule has 0 saturated carbocycles. The van der Waals surface area contributed by atoms with Crippen molar-refractivity contribution in [3.05, 3.63) is 83.9 Å². The first-order valence-electron chi connectivity index (χ1n) is 9.32. The van der Waals surface area contributed by atoms with Gasteiger partial charge in [0.1, 0.15) is 0 Å². The summed E-state index contributed by atoms with van der Waals surface area (Å²) in [5, 5.41) is 8.05. The van der Waals surface area contributed by atoms with Gasteiger partial charge in [0.2, 0.25) is 0 Å². The molecule has 0 aliphatic carbocycles. The summed E-state index contributed by atoms with van der Waals surface area (Å²) in [7, 11) is -3.05. The van der Waals surface area contributed by atoms with Crippen LogP contribution in [0.5, 0.6) is 0 Å². The van der Waals surface area contributed by atoms with Crippen LogP contribution in [0.4, 0.5) is 4.79 Å². The van der Waals surface area contributed by atoms with Crippen LogP contribution in [0.1, 0.15) is 23.6 Å². The summed E-state index contributed by atoms with van der Waals surface area (Å²) < 4.78 is 23.3. The highest BCUT2D eigenvalue weighted by Gasteiger charge is 2.29. The third-order valence-electron chi connectivity index (χ3n) is 5.11. The SMILES string of the molecule is O=C(N[C@H]1CCS(=O)(=O)C1)N[C@H](c1ccccc1)c1cccc2ccccc12. The number of carbonyl (C=O) groups excluding carboxylic acids is 1. The van der Waals surface area contributed by atoms with Gasteiger partial charge in [-0.15, -0.1) is 0 Å². The average molecular weight is 394 g/mol. The van der Waals surface area contributed by atoms with Crippen LogP contribution in [-0.2, 0) is 9.84 Å². The number of nitrogens with one attached hydrogen (secondary N) is 2. The van der Waals surface area contributed by atoms with Crippen molar-refractivity contribution in [3.63, 3.8) is 0 Å². The van der Waals surface area contributed by atoms with Crippen LogP contribution in [0.25, 0.3) is 10.8 Å². The zero-order valence-corrected chi connectivity index (χ0v) is 16.2. The number of benzene rings is 3. The van der Waals surface area contributed by atoms with Gasteiger partial charge in [-0.05, 0) is 28.3 Å². The first kappa shape index (κ1) is 18.5. The Balaban J connectivity index is 1.64. The molecule has 0 aromatic heterocycles. The lowest BCUT2D eigenvalue weighted by Crippen LogP contribution is -2.44. The molecule has 2 N–H and O–H groups in total. The van der Waals surface area contributed by atoms with E-state index in [2.05, 4.69) is 10.6 Å². The molecule has 1 aliphatic rings. The summed E-state index contributed by atoms with van der Waals surface area (Å²) in [5.74, 6) is 0.133. The lowest BCUT2D eigenvalue weighted by molar-refractivity contribution is 0.236. The van der Waals surface area contributed by atoms with Crippen LogP contribution in [-0.4, -0.2) is 32.0 Å². The highest BCUT2D eigenvalue weighted by Crippen LogP contribution is 2.29. The molecular formula is C22H22N2O3S. The highest BCUT2D eigenvalue weighted by atomic mass is 32.2. The lowest BCUT2D eigenvalue weighted by Gasteiger charge is -2.23. The normalized spacial score (nSPS) is 19.2. The van der Waals surface area contributed by atoms with Gasteiger partial charge in [0.05, 0.1) is 17.5 Å². The fraction of sp³-hybridized carbons (Fsp3) is 0.227. The summed E-state index contributed by atoms with van der Waals surface area (Å²) in [5.41, 5.74) is 1.96. The van der Waals surface area contributed by atoms with Crippen LogP contribution in [0, 0.1) is 0 Å². The first-order chi connectivity index (χ1) is 13.5. The molecule has 3 aromatic carbocycles. The van der Waals surface area contributed by atoms with Crippen molar-refractivity contribution in [3.8, 4) is 0 Å². The Labute approximate surface area is 164 Å². The van der Waals surface area contributed by atoms with E-state index in [0.29, 0.717) is 6.42 Å². The predicted molar refractivity (Wildman–Crippen MR) is 111 cm³/mol. The Kier molecular flexibility index (Phi) is 5.05. The van der Waals surface area contributed by atoms with E-state index < -0.39 is 9.84 Å². The van der Waals surface area contributed by atoms with Gasteiger partial charge in [0, 0.05) is 6.04 Å². The minimum absolute atomic E-state index is 0.00465. The number of rotatable bonds is 4. The maximum atomic E-state index is 12.7. The summed E-state index contributed by atoms with van der Waals surface area (Å²) in [4.78, 5) is 12.7. The predicted octanol–water partition coefficient (Wildman–Crippen LogP) is 3.42. The van der Waals surface area contributed by atoms with Crippen molar-refractivity contribution in [2.75, 3.05) is 11.5 Å².